The van der Waals surface area contributed by atoms with Crippen molar-refractivity contribution in [2.75, 3.05) is 5.32 Å². The first kappa shape index (κ1) is 12.5. The number of carbonyl (C=O) groups is 1. The van der Waals surface area contributed by atoms with Gasteiger partial charge in [0.25, 0.3) is 0 Å². The second-order valence-corrected chi connectivity index (χ2v) is 3.70. The largest absolute Gasteiger partial charge is 0.465 e. The predicted molar refractivity (Wildman–Crippen MR) is 70.1 cm³/mol. The highest BCUT2D eigenvalue weighted by Gasteiger charge is 2.11. The van der Waals surface area contributed by atoms with Crippen LogP contribution in [0.25, 0.3) is 11.1 Å². The van der Waals surface area contributed by atoms with Crippen molar-refractivity contribution in [2.24, 2.45) is 5.73 Å². The van der Waals surface area contributed by atoms with Crippen LogP contribution in [0.5, 0.6) is 0 Å². The Morgan fingerprint density at radius 2 is 2.05 bits per heavy atom. The van der Waals surface area contributed by atoms with E-state index in [1.165, 1.54) is 6.20 Å². The number of amides is 1. The zero-order valence-electron chi connectivity index (χ0n) is 9.79. The Bertz CT molecular complexity index is 627. The SMILES string of the molecule is N=C(N)c1ncc(NC(=O)O)cc1-c1ccncc1. The van der Waals surface area contributed by atoms with Crippen LogP contribution >= 0.6 is 0 Å². The van der Waals surface area contributed by atoms with Gasteiger partial charge >= 0.3 is 6.09 Å². The molecule has 0 aliphatic rings. The highest BCUT2D eigenvalue weighted by molar-refractivity contribution is 6.00. The van der Waals surface area contributed by atoms with E-state index in [0.717, 1.165) is 5.56 Å². The van der Waals surface area contributed by atoms with Gasteiger partial charge in [0.2, 0.25) is 0 Å². The van der Waals surface area contributed by atoms with Gasteiger partial charge in [0.15, 0.2) is 0 Å². The van der Waals surface area contributed by atoms with Gasteiger partial charge in [0.1, 0.15) is 11.5 Å². The number of nitrogen functional groups attached to an aromatic ring is 1. The van der Waals surface area contributed by atoms with Gasteiger partial charge in [-0.15, -0.1) is 0 Å². The molecule has 0 spiro atoms. The molecule has 19 heavy (non-hydrogen) atoms. The summed E-state index contributed by atoms with van der Waals surface area (Å²) in [5.74, 6) is -0.186. The fourth-order valence-corrected chi connectivity index (χ4v) is 1.62. The normalized spacial score (nSPS) is 9.89. The molecule has 1 amide bonds. The van der Waals surface area contributed by atoms with E-state index < -0.39 is 6.09 Å². The molecule has 0 aliphatic carbocycles. The van der Waals surface area contributed by atoms with Gasteiger partial charge in [0, 0.05) is 18.0 Å². The lowest BCUT2D eigenvalue weighted by Crippen LogP contribution is -2.16. The molecule has 0 fully saturated rings. The Morgan fingerprint density at radius 3 is 2.63 bits per heavy atom. The summed E-state index contributed by atoms with van der Waals surface area (Å²) in [4.78, 5) is 18.5. The molecule has 2 heterocycles. The van der Waals surface area contributed by atoms with Crippen molar-refractivity contribution in [1.29, 1.82) is 5.41 Å². The summed E-state index contributed by atoms with van der Waals surface area (Å²) in [7, 11) is 0. The first-order valence-electron chi connectivity index (χ1n) is 5.32. The quantitative estimate of drug-likeness (QED) is 0.490. The Hall–Kier alpha value is -2.96. The Balaban J connectivity index is 2.54. The molecule has 2 rings (SSSR count). The standard InChI is InChI=1S/C12H11N5O2/c13-11(14)10-9(7-1-3-15-4-2-7)5-8(6-16-10)17-12(18)19/h1-6,17H,(H3,13,14)(H,18,19). The maximum atomic E-state index is 10.6. The van der Waals surface area contributed by atoms with Gasteiger partial charge in [-0.25, -0.2) is 4.79 Å². The van der Waals surface area contributed by atoms with E-state index in [9.17, 15) is 4.79 Å². The van der Waals surface area contributed by atoms with Crippen LogP contribution in [-0.4, -0.2) is 27.0 Å². The maximum absolute atomic E-state index is 10.6. The van der Waals surface area contributed by atoms with Crippen molar-refractivity contribution in [1.82, 2.24) is 9.97 Å². The number of nitrogens with zero attached hydrogens (tertiary/aromatic N) is 2. The monoisotopic (exact) mass is 257 g/mol. The van der Waals surface area contributed by atoms with Gasteiger partial charge in [-0.3, -0.25) is 20.7 Å². The van der Waals surface area contributed by atoms with Crippen LogP contribution in [0.1, 0.15) is 5.69 Å². The molecule has 5 N–H and O–H groups in total. The van der Waals surface area contributed by atoms with E-state index in [4.69, 9.17) is 16.2 Å². The van der Waals surface area contributed by atoms with Gasteiger partial charge in [-0.05, 0) is 23.8 Å². The minimum atomic E-state index is -1.18. The Morgan fingerprint density at radius 1 is 1.37 bits per heavy atom. The molecular weight excluding hydrogens is 246 g/mol. The van der Waals surface area contributed by atoms with E-state index in [-0.39, 0.29) is 5.84 Å². The van der Waals surface area contributed by atoms with Crippen LogP contribution < -0.4 is 11.1 Å². The number of nitrogens with two attached hydrogens (primary N) is 1. The van der Waals surface area contributed by atoms with Gasteiger partial charge in [-0.1, -0.05) is 0 Å². The number of aromatic nitrogens is 2. The number of pyridine rings is 2. The number of amidine groups is 1. The van der Waals surface area contributed by atoms with Gasteiger partial charge in [-0.2, -0.15) is 0 Å². The third-order valence-electron chi connectivity index (χ3n) is 2.39. The summed E-state index contributed by atoms with van der Waals surface area (Å²) < 4.78 is 0. The van der Waals surface area contributed by atoms with Crippen LogP contribution in [0.2, 0.25) is 0 Å². The summed E-state index contributed by atoms with van der Waals surface area (Å²) in [6.45, 7) is 0. The molecule has 0 saturated heterocycles. The van der Waals surface area contributed by atoms with E-state index in [1.807, 2.05) is 0 Å². The Kier molecular flexibility index (Phi) is 3.37. The fourth-order valence-electron chi connectivity index (χ4n) is 1.62. The molecule has 2 aromatic heterocycles. The average Bonchev–Trinajstić information content (AvgIpc) is 2.38. The van der Waals surface area contributed by atoms with E-state index >= 15 is 0 Å². The summed E-state index contributed by atoms with van der Waals surface area (Å²) in [5, 5.41) is 18.4. The minimum absolute atomic E-state index is 0.186. The molecule has 7 heteroatoms. The lowest BCUT2D eigenvalue weighted by molar-refractivity contribution is 0.209. The third-order valence-corrected chi connectivity index (χ3v) is 2.39. The second-order valence-electron chi connectivity index (χ2n) is 3.70. The number of hydrogen-bond acceptors (Lipinski definition) is 4. The van der Waals surface area contributed by atoms with Crippen LogP contribution in [0.15, 0.2) is 36.8 Å². The number of carboxylic acid groups (broad SMARTS) is 1. The first-order chi connectivity index (χ1) is 9.08. The zero-order valence-corrected chi connectivity index (χ0v) is 9.79. The maximum Gasteiger partial charge on any atom is 0.409 e. The zero-order chi connectivity index (χ0) is 13.8. The average molecular weight is 257 g/mol. The summed E-state index contributed by atoms with van der Waals surface area (Å²) in [6.07, 6.45) is 3.32. The molecule has 7 nitrogen and oxygen atoms in total. The lowest BCUT2D eigenvalue weighted by atomic mass is 10.0. The summed E-state index contributed by atoms with van der Waals surface area (Å²) in [6, 6.07) is 5.04. The molecule has 0 saturated carbocycles. The molecule has 96 valence electrons. The van der Waals surface area contributed by atoms with Crippen LogP contribution in [-0.2, 0) is 0 Å². The molecule has 0 atom stereocenters. The molecule has 0 unspecified atom stereocenters. The Labute approximate surface area is 108 Å². The van der Waals surface area contributed by atoms with Crippen molar-refractivity contribution in [3.63, 3.8) is 0 Å². The highest BCUT2D eigenvalue weighted by atomic mass is 16.4. The summed E-state index contributed by atoms with van der Waals surface area (Å²) >= 11 is 0. The number of anilines is 1. The molecular formula is C12H11N5O2. The molecule has 0 radical (unpaired) electrons. The van der Waals surface area contributed by atoms with Crippen LogP contribution in [0, 0.1) is 5.41 Å². The molecule has 2 aromatic rings. The molecule has 0 bridgehead atoms. The van der Waals surface area contributed by atoms with Crippen molar-refractivity contribution in [3.05, 3.63) is 42.5 Å². The van der Waals surface area contributed by atoms with E-state index in [2.05, 4.69) is 15.3 Å². The smallest absolute Gasteiger partial charge is 0.409 e. The fraction of sp³-hybridized carbons (Fsp3) is 0. The van der Waals surface area contributed by atoms with Crippen molar-refractivity contribution < 1.29 is 9.90 Å². The lowest BCUT2D eigenvalue weighted by Gasteiger charge is -2.09. The van der Waals surface area contributed by atoms with E-state index in [1.54, 1.807) is 30.6 Å². The number of rotatable bonds is 3. The third kappa shape index (κ3) is 2.83. The summed E-state index contributed by atoms with van der Waals surface area (Å²) in [5.41, 5.74) is 7.40. The predicted octanol–water partition coefficient (Wildman–Crippen LogP) is 1.52. The van der Waals surface area contributed by atoms with Crippen LogP contribution in [0.4, 0.5) is 10.5 Å². The van der Waals surface area contributed by atoms with Gasteiger partial charge < -0.3 is 10.8 Å². The second kappa shape index (κ2) is 5.13. The van der Waals surface area contributed by atoms with E-state index in [0.29, 0.717) is 16.9 Å². The molecule has 0 aliphatic heterocycles. The van der Waals surface area contributed by atoms with Crippen molar-refractivity contribution >= 4 is 17.6 Å². The topological polar surface area (TPSA) is 125 Å². The highest BCUT2D eigenvalue weighted by Crippen LogP contribution is 2.24. The molecule has 0 aromatic carbocycles. The number of hydrogen-bond donors (Lipinski definition) is 4. The van der Waals surface area contributed by atoms with Gasteiger partial charge in [0.05, 0.1) is 11.9 Å². The van der Waals surface area contributed by atoms with Crippen molar-refractivity contribution in [3.8, 4) is 11.1 Å². The number of nitrogens with one attached hydrogen (secondary N) is 2. The minimum Gasteiger partial charge on any atom is -0.465 e. The van der Waals surface area contributed by atoms with Crippen LogP contribution in [0.3, 0.4) is 0 Å². The first-order valence-corrected chi connectivity index (χ1v) is 5.32. The van der Waals surface area contributed by atoms with Crippen molar-refractivity contribution in [2.45, 2.75) is 0 Å².